The molecule has 1 aromatic carbocycles. The summed E-state index contributed by atoms with van der Waals surface area (Å²) in [6.45, 7) is 1.22. The Kier molecular flexibility index (Phi) is 4.47. The third-order valence-electron chi connectivity index (χ3n) is 5.77. The molecule has 1 aliphatic heterocycles. The van der Waals surface area contributed by atoms with E-state index in [4.69, 9.17) is 10.5 Å². The fourth-order valence-corrected chi connectivity index (χ4v) is 4.00. The minimum Gasteiger partial charge on any atom is -0.379 e. The van der Waals surface area contributed by atoms with Gasteiger partial charge < -0.3 is 15.4 Å². The molecule has 1 unspecified atom stereocenters. The number of nitrogens with two attached hydrogens (primary N) is 1. The van der Waals surface area contributed by atoms with Crippen molar-refractivity contribution in [3.8, 4) is 5.69 Å². The highest BCUT2D eigenvalue weighted by Crippen LogP contribution is 2.32. The Morgan fingerprint density at radius 1 is 1.41 bits per heavy atom. The van der Waals surface area contributed by atoms with Gasteiger partial charge in [0.2, 0.25) is 0 Å². The van der Waals surface area contributed by atoms with Gasteiger partial charge in [-0.05, 0) is 37.8 Å². The minimum absolute atomic E-state index is 0.0209. The zero-order chi connectivity index (χ0) is 19.2. The highest BCUT2D eigenvalue weighted by Gasteiger charge is 2.42. The van der Waals surface area contributed by atoms with Crippen LogP contribution in [0.3, 0.4) is 0 Å². The molecule has 8 heteroatoms. The predicted octanol–water partition coefficient (Wildman–Crippen LogP) is 1.83. The molecule has 0 spiro atoms. The fraction of sp³-hybridized carbons (Fsp3) is 0.474. The van der Waals surface area contributed by atoms with Gasteiger partial charge in [0.15, 0.2) is 17.3 Å². The lowest BCUT2D eigenvalue weighted by atomic mass is 9.96. The van der Waals surface area contributed by atoms with Crippen LogP contribution in [0, 0.1) is 11.6 Å². The summed E-state index contributed by atoms with van der Waals surface area (Å²) >= 11 is 0. The predicted molar refractivity (Wildman–Crippen MR) is 94.8 cm³/mol. The Morgan fingerprint density at radius 3 is 2.93 bits per heavy atom. The SMILES string of the molecule is CN(C(=O)c1nn(-c2cccc(F)c2F)c2c1CCC2)C1(CN)CCOC1. The number of hydrogen-bond acceptors (Lipinski definition) is 4. The zero-order valence-electron chi connectivity index (χ0n) is 15.2. The maximum Gasteiger partial charge on any atom is 0.274 e. The van der Waals surface area contributed by atoms with Crippen molar-refractivity contribution in [2.24, 2.45) is 5.73 Å². The van der Waals surface area contributed by atoms with Crippen molar-refractivity contribution in [2.75, 3.05) is 26.8 Å². The van der Waals surface area contributed by atoms with E-state index in [0.717, 1.165) is 23.7 Å². The molecule has 0 saturated carbocycles. The number of hydrogen-bond donors (Lipinski definition) is 1. The van der Waals surface area contributed by atoms with E-state index in [1.807, 2.05) is 0 Å². The number of fused-ring (bicyclic) bond motifs is 1. The van der Waals surface area contributed by atoms with Gasteiger partial charge in [0.05, 0.1) is 12.1 Å². The maximum atomic E-state index is 14.3. The van der Waals surface area contributed by atoms with Crippen LogP contribution in [-0.4, -0.2) is 52.9 Å². The number of rotatable bonds is 4. The Balaban J connectivity index is 1.77. The molecule has 0 radical (unpaired) electrons. The number of benzene rings is 1. The van der Waals surface area contributed by atoms with Gasteiger partial charge in [-0.25, -0.2) is 13.5 Å². The molecule has 1 aliphatic carbocycles. The van der Waals surface area contributed by atoms with Crippen LogP contribution in [0.15, 0.2) is 18.2 Å². The second-order valence-electron chi connectivity index (χ2n) is 7.21. The first-order chi connectivity index (χ1) is 13.0. The van der Waals surface area contributed by atoms with E-state index in [1.54, 1.807) is 11.9 Å². The number of amides is 1. The van der Waals surface area contributed by atoms with Crippen LogP contribution in [0.4, 0.5) is 8.78 Å². The number of likely N-dealkylation sites (N-methyl/N-ethyl adjacent to an activating group) is 1. The summed E-state index contributed by atoms with van der Waals surface area (Å²) in [5.41, 5.74) is 7.26. The third kappa shape index (κ3) is 2.74. The second-order valence-corrected chi connectivity index (χ2v) is 7.21. The van der Waals surface area contributed by atoms with Gasteiger partial charge in [-0.1, -0.05) is 6.07 Å². The molecule has 2 N–H and O–H groups in total. The van der Waals surface area contributed by atoms with Gasteiger partial charge in [-0.3, -0.25) is 4.79 Å². The van der Waals surface area contributed by atoms with E-state index >= 15 is 0 Å². The van der Waals surface area contributed by atoms with Gasteiger partial charge in [-0.15, -0.1) is 0 Å². The number of carbonyl (C=O) groups excluding carboxylic acids is 1. The molecule has 6 nitrogen and oxygen atoms in total. The molecule has 2 aromatic rings. The van der Waals surface area contributed by atoms with Crippen LogP contribution in [0.25, 0.3) is 5.69 Å². The number of halogens is 2. The summed E-state index contributed by atoms with van der Waals surface area (Å²) < 4.78 is 34.9. The van der Waals surface area contributed by atoms with Crippen LogP contribution in [-0.2, 0) is 17.6 Å². The molecule has 4 rings (SSSR count). The summed E-state index contributed by atoms with van der Waals surface area (Å²) in [5, 5.41) is 4.40. The van der Waals surface area contributed by atoms with Crippen LogP contribution in [0.2, 0.25) is 0 Å². The molecular formula is C19H22F2N4O2. The summed E-state index contributed by atoms with van der Waals surface area (Å²) in [6, 6.07) is 3.96. The quantitative estimate of drug-likeness (QED) is 0.884. The summed E-state index contributed by atoms with van der Waals surface area (Å²) in [6.07, 6.45) is 2.86. The van der Waals surface area contributed by atoms with Crippen molar-refractivity contribution >= 4 is 5.91 Å². The largest absolute Gasteiger partial charge is 0.379 e. The lowest BCUT2D eigenvalue weighted by molar-refractivity contribution is 0.0519. The van der Waals surface area contributed by atoms with Crippen LogP contribution in [0.1, 0.15) is 34.6 Å². The maximum absolute atomic E-state index is 14.3. The van der Waals surface area contributed by atoms with Gasteiger partial charge in [0, 0.05) is 31.5 Å². The standard InChI is InChI=1S/C19H22F2N4O2/c1-24(19(10-22)8-9-27-11-19)18(26)17-12-4-2-6-14(12)25(23-17)15-7-3-5-13(20)16(15)21/h3,5,7H,2,4,6,8-11,22H2,1H3. The molecule has 2 heterocycles. The molecule has 0 bridgehead atoms. The second kappa shape index (κ2) is 6.69. The molecule has 1 atom stereocenters. The molecule has 2 aliphatic rings. The number of nitrogens with zero attached hydrogens (tertiary/aromatic N) is 3. The summed E-state index contributed by atoms with van der Waals surface area (Å²) in [5.74, 6) is -2.17. The molecule has 1 fully saturated rings. The van der Waals surface area contributed by atoms with Crippen LogP contribution >= 0.6 is 0 Å². The fourth-order valence-electron chi connectivity index (χ4n) is 4.00. The van der Waals surface area contributed by atoms with E-state index in [1.165, 1.54) is 16.8 Å². The van der Waals surface area contributed by atoms with Crippen molar-refractivity contribution in [3.05, 3.63) is 46.8 Å². The molecule has 27 heavy (non-hydrogen) atoms. The first-order valence-corrected chi connectivity index (χ1v) is 9.09. The Hall–Kier alpha value is -2.32. The van der Waals surface area contributed by atoms with Crippen LogP contribution < -0.4 is 5.73 Å². The van der Waals surface area contributed by atoms with Crippen LogP contribution in [0.5, 0.6) is 0 Å². The lowest BCUT2D eigenvalue weighted by Crippen LogP contribution is -2.55. The van der Waals surface area contributed by atoms with E-state index in [9.17, 15) is 13.6 Å². The van der Waals surface area contributed by atoms with E-state index in [2.05, 4.69) is 5.10 Å². The molecule has 1 saturated heterocycles. The monoisotopic (exact) mass is 376 g/mol. The smallest absolute Gasteiger partial charge is 0.274 e. The highest BCUT2D eigenvalue weighted by molar-refractivity contribution is 5.94. The van der Waals surface area contributed by atoms with E-state index in [0.29, 0.717) is 32.5 Å². The highest BCUT2D eigenvalue weighted by atomic mass is 19.2. The lowest BCUT2D eigenvalue weighted by Gasteiger charge is -2.36. The average Bonchev–Trinajstić information content (AvgIpc) is 3.39. The summed E-state index contributed by atoms with van der Waals surface area (Å²) in [4.78, 5) is 14.8. The molecular weight excluding hydrogens is 354 g/mol. The van der Waals surface area contributed by atoms with E-state index in [-0.39, 0.29) is 23.8 Å². The van der Waals surface area contributed by atoms with Crippen molar-refractivity contribution < 1.29 is 18.3 Å². The number of ether oxygens (including phenoxy) is 1. The van der Waals surface area contributed by atoms with Crippen molar-refractivity contribution in [2.45, 2.75) is 31.2 Å². The van der Waals surface area contributed by atoms with Gasteiger partial charge in [0.1, 0.15) is 5.69 Å². The topological polar surface area (TPSA) is 73.4 Å². The third-order valence-corrected chi connectivity index (χ3v) is 5.77. The van der Waals surface area contributed by atoms with Crippen molar-refractivity contribution in [1.82, 2.24) is 14.7 Å². The van der Waals surface area contributed by atoms with Crippen molar-refractivity contribution in [3.63, 3.8) is 0 Å². The first-order valence-electron chi connectivity index (χ1n) is 9.09. The van der Waals surface area contributed by atoms with Gasteiger partial charge in [0.25, 0.3) is 5.91 Å². The first kappa shape index (κ1) is 18.1. The molecule has 1 aromatic heterocycles. The minimum atomic E-state index is -0.968. The normalized spacial score (nSPS) is 21.5. The number of carbonyl (C=O) groups is 1. The molecule has 144 valence electrons. The Labute approximate surface area is 155 Å². The molecule has 1 amide bonds. The van der Waals surface area contributed by atoms with E-state index < -0.39 is 17.2 Å². The number of aromatic nitrogens is 2. The van der Waals surface area contributed by atoms with Gasteiger partial charge >= 0.3 is 0 Å². The average molecular weight is 376 g/mol. The Morgan fingerprint density at radius 2 is 2.22 bits per heavy atom. The van der Waals surface area contributed by atoms with Gasteiger partial charge in [-0.2, -0.15) is 5.10 Å². The zero-order valence-corrected chi connectivity index (χ0v) is 15.2. The summed E-state index contributed by atoms with van der Waals surface area (Å²) in [7, 11) is 1.70. The Bertz CT molecular complexity index is 890. The van der Waals surface area contributed by atoms with Crippen molar-refractivity contribution in [1.29, 1.82) is 0 Å².